The van der Waals surface area contributed by atoms with Gasteiger partial charge < -0.3 is 15.8 Å². The van der Waals surface area contributed by atoms with Gasteiger partial charge in [0, 0.05) is 24.1 Å². The van der Waals surface area contributed by atoms with Gasteiger partial charge in [-0.15, -0.1) is 0 Å². The predicted molar refractivity (Wildman–Crippen MR) is 79.3 cm³/mol. The van der Waals surface area contributed by atoms with E-state index in [4.69, 9.17) is 10.5 Å². The molecule has 21 heavy (non-hydrogen) atoms. The number of rotatable bonds is 3. The van der Waals surface area contributed by atoms with Crippen LogP contribution in [0.2, 0.25) is 0 Å². The standard InChI is InChI=1S/C16H23N3O2/c1-10(12-6-4-5-8-18-12)19-14(20)16(17)11-7-9-21-13(11)15(16,2)3/h4-6,8,10-11,13H,7,9,17H2,1-3H3,(H,19,20). The van der Waals surface area contributed by atoms with E-state index in [1.807, 2.05) is 39.0 Å². The summed E-state index contributed by atoms with van der Waals surface area (Å²) in [6, 6.07) is 5.52. The second kappa shape index (κ2) is 4.78. The number of pyridine rings is 1. The lowest BCUT2D eigenvalue weighted by Crippen LogP contribution is -2.80. The van der Waals surface area contributed by atoms with Gasteiger partial charge in [-0.1, -0.05) is 19.9 Å². The molecule has 114 valence electrons. The first-order valence-electron chi connectivity index (χ1n) is 7.51. The van der Waals surface area contributed by atoms with E-state index in [-0.39, 0.29) is 29.4 Å². The maximum atomic E-state index is 12.8. The molecule has 3 rings (SSSR count). The van der Waals surface area contributed by atoms with E-state index in [0.29, 0.717) is 6.61 Å². The molecular weight excluding hydrogens is 266 g/mol. The Labute approximate surface area is 125 Å². The van der Waals surface area contributed by atoms with E-state index in [2.05, 4.69) is 10.3 Å². The Bertz CT molecular complexity index is 546. The molecule has 5 nitrogen and oxygen atoms in total. The minimum absolute atomic E-state index is 0.0957. The minimum Gasteiger partial charge on any atom is -0.377 e. The van der Waals surface area contributed by atoms with Crippen molar-refractivity contribution in [1.29, 1.82) is 0 Å². The van der Waals surface area contributed by atoms with Crippen LogP contribution < -0.4 is 11.1 Å². The average Bonchev–Trinajstić information content (AvgIpc) is 2.95. The molecule has 0 aromatic carbocycles. The fraction of sp³-hybridized carbons (Fsp3) is 0.625. The van der Waals surface area contributed by atoms with Crippen molar-refractivity contribution >= 4 is 5.91 Å². The molecule has 4 unspecified atom stereocenters. The molecule has 2 fully saturated rings. The molecule has 1 saturated heterocycles. The SMILES string of the molecule is CC(NC(=O)C1(N)C2CCOC2C1(C)C)c1ccccn1. The topological polar surface area (TPSA) is 77.2 Å². The zero-order valence-electron chi connectivity index (χ0n) is 12.8. The Morgan fingerprint density at radius 1 is 1.52 bits per heavy atom. The maximum Gasteiger partial charge on any atom is 0.241 e. The highest BCUT2D eigenvalue weighted by atomic mass is 16.5. The number of carbonyl (C=O) groups is 1. The van der Waals surface area contributed by atoms with Gasteiger partial charge in [0.25, 0.3) is 0 Å². The molecule has 1 aliphatic carbocycles. The van der Waals surface area contributed by atoms with Gasteiger partial charge in [0.15, 0.2) is 0 Å². The third-order valence-corrected chi connectivity index (χ3v) is 5.31. The smallest absolute Gasteiger partial charge is 0.241 e. The van der Waals surface area contributed by atoms with Crippen LogP contribution >= 0.6 is 0 Å². The van der Waals surface area contributed by atoms with Crippen LogP contribution in [-0.2, 0) is 9.53 Å². The van der Waals surface area contributed by atoms with Gasteiger partial charge in [-0.2, -0.15) is 0 Å². The van der Waals surface area contributed by atoms with Crippen LogP contribution in [0.4, 0.5) is 0 Å². The summed E-state index contributed by atoms with van der Waals surface area (Å²) in [5.74, 6) is 0.0147. The number of nitrogens with zero attached hydrogens (tertiary/aromatic N) is 1. The lowest BCUT2D eigenvalue weighted by atomic mass is 9.48. The van der Waals surface area contributed by atoms with Gasteiger partial charge >= 0.3 is 0 Å². The molecule has 0 bridgehead atoms. The Hall–Kier alpha value is -1.46. The van der Waals surface area contributed by atoms with Crippen LogP contribution in [0.1, 0.15) is 38.9 Å². The Kier molecular flexibility index (Phi) is 3.30. The van der Waals surface area contributed by atoms with Crippen LogP contribution in [0.25, 0.3) is 0 Å². The summed E-state index contributed by atoms with van der Waals surface area (Å²) in [5, 5.41) is 3.02. The summed E-state index contributed by atoms with van der Waals surface area (Å²) < 4.78 is 5.73. The van der Waals surface area contributed by atoms with Gasteiger partial charge in [0.1, 0.15) is 5.54 Å². The molecular formula is C16H23N3O2. The number of fused-ring (bicyclic) bond motifs is 1. The Morgan fingerprint density at radius 2 is 2.29 bits per heavy atom. The predicted octanol–water partition coefficient (Wildman–Crippen LogP) is 1.40. The van der Waals surface area contributed by atoms with E-state index in [1.165, 1.54) is 0 Å². The van der Waals surface area contributed by atoms with Gasteiger partial charge in [-0.25, -0.2) is 0 Å². The Morgan fingerprint density at radius 3 is 2.95 bits per heavy atom. The number of ether oxygens (including phenoxy) is 1. The molecule has 0 spiro atoms. The number of aromatic nitrogens is 1. The lowest BCUT2D eigenvalue weighted by Gasteiger charge is -2.60. The van der Waals surface area contributed by atoms with E-state index in [0.717, 1.165) is 12.1 Å². The number of nitrogens with one attached hydrogen (secondary N) is 1. The third kappa shape index (κ3) is 1.91. The normalized spacial score (nSPS) is 34.7. The first-order valence-corrected chi connectivity index (χ1v) is 7.51. The van der Waals surface area contributed by atoms with Gasteiger partial charge in [0.2, 0.25) is 5.91 Å². The van der Waals surface area contributed by atoms with Crippen molar-refractivity contribution in [3.05, 3.63) is 30.1 Å². The summed E-state index contributed by atoms with van der Waals surface area (Å²) in [6.07, 6.45) is 2.68. The molecule has 2 heterocycles. The first-order chi connectivity index (χ1) is 9.89. The summed E-state index contributed by atoms with van der Waals surface area (Å²) >= 11 is 0. The zero-order chi connectivity index (χ0) is 15.3. The Balaban J connectivity index is 1.76. The monoisotopic (exact) mass is 289 g/mol. The second-order valence-corrected chi connectivity index (χ2v) is 6.73. The van der Waals surface area contributed by atoms with Crippen molar-refractivity contribution < 1.29 is 9.53 Å². The number of hydrogen-bond donors (Lipinski definition) is 2. The summed E-state index contributed by atoms with van der Waals surface area (Å²) in [4.78, 5) is 17.0. The van der Waals surface area contributed by atoms with Gasteiger partial charge in [-0.05, 0) is 25.5 Å². The molecule has 2 aliphatic rings. The quantitative estimate of drug-likeness (QED) is 0.882. The first kappa shape index (κ1) is 14.5. The minimum atomic E-state index is -0.864. The summed E-state index contributed by atoms with van der Waals surface area (Å²) in [7, 11) is 0. The average molecular weight is 289 g/mol. The lowest BCUT2D eigenvalue weighted by molar-refractivity contribution is -0.176. The van der Waals surface area contributed by atoms with Crippen molar-refractivity contribution in [2.24, 2.45) is 17.1 Å². The number of nitrogens with two attached hydrogens (primary N) is 1. The second-order valence-electron chi connectivity index (χ2n) is 6.73. The van der Waals surface area contributed by atoms with Crippen LogP contribution in [0.15, 0.2) is 24.4 Å². The fourth-order valence-electron chi connectivity index (χ4n) is 3.87. The number of carbonyl (C=O) groups excluding carboxylic acids is 1. The van der Waals surface area contributed by atoms with Crippen molar-refractivity contribution in [3.8, 4) is 0 Å². The highest BCUT2D eigenvalue weighted by Crippen LogP contribution is 2.58. The third-order valence-electron chi connectivity index (χ3n) is 5.31. The van der Waals surface area contributed by atoms with Crippen molar-refractivity contribution in [2.45, 2.75) is 44.9 Å². The fourth-order valence-corrected chi connectivity index (χ4v) is 3.87. The molecule has 1 aliphatic heterocycles. The molecule has 0 radical (unpaired) electrons. The van der Waals surface area contributed by atoms with Gasteiger partial charge in [0.05, 0.1) is 17.8 Å². The number of amides is 1. The molecule has 1 aromatic rings. The molecule has 4 atom stereocenters. The van der Waals surface area contributed by atoms with Gasteiger partial charge in [-0.3, -0.25) is 9.78 Å². The van der Waals surface area contributed by atoms with Crippen LogP contribution in [-0.4, -0.2) is 29.1 Å². The molecule has 1 saturated carbocycles. The van der Waals surface area contributed by atoms with Crippen molar-refractivity contribution in [2.75, 3.05) is 6.61 Å². The van der Waals surface area contributed by atoms with E-state index in [1.54, 1.807) is 6.20 Å². The highest BCUT2D eigenvalue weighted by Gasteiger charge is 2.71. The zero-order valence-corrected chi connectivity index (χ0v) is 12.8. The summed E-state index contributed by atoms with van der Waals surface area (Å²) in [6.45, 7) is 6.66. The highest BCUT2D eigenvalue weighted by molar-refractivity contribution is 5.89. The largest absolute Gasteiger partial charge is 0.377 e. The van der Waals surface area contributed by atoms with Crippen molar-refractivity contribution in [1.82, 2.24) is 10.3 Å². The van der Waals surface area contributed by atoms with E-state index < -0.39 is 5.54 Å². The van der Waals surface area contributed by atoms with Crippen molar-refractivity contribution in [3.63, 3.8) is 0 Å². The molecule has 1 amide bonds. The molecule has 3 N–H and O–H groups in total. The number of hydrogen-bond acceptors (Lipinski definition) is 4. The van der Waals surface area contributed by atoms with E-state index in [9.17, 15) is 4.79 Å². The molecule has 1 aromatic heterocycles. The van der Waals surface area contributed by atoms with Crippen LogP contribution in [0.3, 0.4) is 0 Å². The van der Waals surface area contributed by atoms with Crippen LogP contribution in [0.5, 0.6) is 0 Å². The van der Waals surface area contributed by atoms with Crippen LogP contribution in [0, 0.1) is 11.3 Å². The van der Waals surface area contributed by atoms with E-state index >= 15 is 0 Å². The summed E-state index contributed by atoms with van der Waals surface area (Å²) in [5.41, 5.74) is 6.15. The maximum absolute atomic E-state index is 12.8. The molecule has 5 heteroatoms.